The third-order valence-corrected chi connectivity index (χ3v) is 5.93. The molecule has 9 heteroatoms. The highest BCUT2D eigenvalue weighted by Crippen LogP contribution is 2.32. The smallest absolute Gasteiger partial charge is 0.335 e. The maximum atomic E-state index is 13.3. The number of halogens is 3. The highest BCUT2D eigenvalue weighted by molar-refractivity contribution is 5.97. The Bertz CT molecular complexity index is 1210. The first-order chi connectivity index (χ1) is 16.1. The zero-order valence-corrected chi connectivity index (χ0v) is 19.0. The van der Waals surface area contributed by atoms with Gasteiger partial charge in [-0.2, -0.15) is 18.3 Å². The van der Waals surface area contributed by atoms with Crippen molar-refractivity contribution in [2.75, 3.05) is 26.2 Å². The molecular formula is C25H25F3N4O2. The van der Waals surface area contributed by atoms with Gasteiger partial charge in [-0.3, -0.25) is 14.3 Å². The summed E-state index contributed by atoms with van der Waals surface area (Å²) in [5.74, 6) is -0.843. The first-order valence-electron chi connectivity index (χ1n) is 11.0. The lowest BCUT2D eigenvalue weighted by atomic mass is 10.1. The van der Waals surface area contributed by atoms with E-state index >= 15 is 0 Å². The first-order valence-corrected chi connectivity index (χ1v) is 11.0. The topological polar surface area (TPSA) is 58.4 Å². The van der Waals surface area contributed by atoms with Crippen molar-refractivity contribution < 1.29 is 22.8 Å². The Hall–Kier alpha value is -3.62. The Labute approximate surface area is 195 Å². The summed E-state index contributed by atoms with van der Waals surface area (Å²) in [6.07, 6.45) is -4.61. The molecule has 4 rings (SSSR count). The van der Waals surface area contributed by atoms with Crippen LogP contribution in [0.4, 0.5) is 13.2 Å². The molecule has 1 fully saturated rings. The van der Waals surface area contributed by atoms with Crippen molar-refractivity contribution in [2.24, 2.45) is 0 Å². The van der Waals surface area contributed by atoms with Crippen LogP contribution in [0.15, 0.2) is 54.6 Å². The quantitative estimate of drug-likeness (QED) is 0.575. The van der Waals surface area contributed by atoms with Crippen molar-refractivity contribution in [3.63, 3.8) is 0 Å². The minimum Gasteiger partial charge on any atom is -0.335 e. The fourth-order valence-corrected chi connectivity index (χ4v) is 4.19. The maximum Gasteiger partial charge on any atom is 0.417 e. The van der Waals surface area contributed by atoms with Crippen molar-refractivity contribution in [3.05, 3.63) is 88.2 Å². The number of alkyl halides is 3. The van der Waals surface area contributed by atoms with Crippen LogP contribution in [0.5, 0.6) is 0 Å². The summed E-state index contributed by atoms with van der Waals surface area (Å²) < 4.78 is 41.8. The SMILES string of the molecule is Cc1cc(C)n(Cc2cccc(C(=O)N3CCN(C(=O)c4ccccc4C(F)(F)F)CC3)c2)n1. The van der Waals surface area contributed by atoms with Crippen LogP contribution < -0.4 is 0 Å². The van der Waals surface area contributed by atoms with Crippen molar-refractivity contribution in [2.45, 2.75) is 26.6 Å². The third-order valence-electron chi connectivity index (χ3n) is 5.93. The van der Waals surface area contributed by atoms with Crippen molar-refractivity contribution in [3.8, 4) is 0 Å². The van der Waals surface area contributed by atoms with Gasteiger partial charge in [0.15, 0.2) is 0 Å². The Kier molecular flexibility index (Phi) is 6.45. The molecule has 2 amide bonds. The average molecular weight is 470 g/mol. The fourth-order valence-electron chi connectivity index (χ4n) is 4.19. The van der Waals surface area contributed by atoms with Gasteiger partial charge in [-0.1, -0.05) is 24.3 Å². The van der Waals surface area contributed by atoms with Crippen LogP contribution >= 0.6 is 0 Å². The molecule has 0 spiro atoms. The molecule has 2 heterocycles. The van der Waals surface area contributed by atoms with Gasteiger partial charge in [-0.05, 0) is 49.7 Å². The lowest BCUT2D eigenvalue weighted by Gasteiger charge is -2.35. The lowest BCUT2D eigenvalue weighted by molar-refractivity contribution is -0.138. The Balaban J connectivity index is 1.42. The molecule has 3 aromatic rings. The van der Waals surface area contributed by atoms with Crippen molar-refractivity contribution in [1.82, 2.24) is 19.6 Å². The van der Waals surface area contributed by atoms with E-state index in [2.05, 4.69) is 5.10 Å². The highest BCUT2D eigenvalue weighted by atomic mass is 19.4. The number of aromatic nitrogens is 2. The van der Waals surface area contributed by atoms with Crippen LogP contribution in [-0.4, -0.2) is 57.6 Å². The van der Waals surface area contributed by atoms with Gasteiger partial charge in [-0.25, -0.2) is 0 Å². The van der Waals surface area contributed by atoms with Gasteiger partial charge in [-0.15, -0.1) is 0 Å². The number of benzene rings is 2. The number of carbonyl (C=O) groups is 2. The van der Waals surface area contributed by atoms with Crippen LogP contribution in [0.2, 0.25) is 0 Å². The van der Waals surface area contributed by atoms with Crippen LogP contribution in [0, 0.1) is 13.8 Å². The summed E-state index contributed by atoms with van der Waals surface area (Å²) in [6, 6.07) is 14.1. The number of hydrogen-bond acceptors (Lipinski definition) is 3. The Morgan fingerprint density at radius 2 is 1.53 bits per heavy atom. The number of hydrogen-bond donors (Lipinski definition) is 0. The van der Waals surface area contributed by atoms with Gasteiger partial charge >= 0.3 is 6.18 Å². The Morgan fingerprint density at radius 1 is 0.882 bits per heavy atom. The summed E-state index contributed by atoms with van der Waals surface area (Å²) in [6.45, 7) is 5.28. The normalized spacial score (nSPS) is 14.4. The van der Waals surface area contributed by atoms with E-state index in [-0.39, 0.29) is 37.6 Å². The van der Waals surface area contributed by atoms with Crippen LogP contribution in [0.25, 0.3) is 0 Å². The molecule has 0 unspecified atom stereocenters. The molecule has 1 saturated heterocycles. The molecule has 34 heavy (non-hydrogen) atoms. The third kappa shape index (κ3) is 4.98. The minimum atomic E-state index is -4.61. The second-order valence-corrected chi connectivity index (χ2v) is 8.41. The summed E-state index contributed by atoms with van der Waals surface area (Å²) in [7, 11) is 0. The van der Waals surface area contributed by atoms with Gasteiger partial charge in [0, 0.05) is 37.4 Å². The molecule has 0 aliphatic carbocycles. The molecular weight excluding hydrogens is 445 g/mol. The molecule has 2 aromatic carbocycles. The van der Waals surface area contributed by atoms with Gasteiger partial charge in [0.25, 0.3) is 11.8 Å². The van der Waals surface area contributed by atoms with Gasteiger partial charge in [0.2, 0.25) is 0 Å². The molecule has 0 atom stereocenters. The number of carbonyl (C=O) groups excluding carboxylic acids is 2. The monoisotopic (exact) mass is 470 g/mol. The van der Waals surface area contributed by atoms with Gasteiger partial charge in [0.1, 0.15) is 0 Å². The van der Waals surface area contributed by atoms with E-state index in [1.54, 1.807) is 11.0 Å². The minimum absolute atomic E-state index is 0.169. The summed E-state index contributed by atoms with van der Waals surface area (Å²) in [4.78, 5) is 28.8. The summed E-state index contributed by atoms with van der Waals surface area (Å²) >= 11 is 0. The van der Waals surface area contributed by atoms with E-state index in [1.807, 2.05) is 42.8 Å². The van der Waals surface area contributed by atoms with Crippen molar-refractivity contribution in [1.29, 1.82) is 0 Å². The molecule has 178 valence electrons. The van der Waals surface area contributed by atoms with E-state index in [0.717, 1.165) is 23.0 Å². The number of rotatable bonds is 4. The highest BCUT2D eigenvalue weighted by Gasteiger charge is 2.36. The molecule has 0 N–H and O–H groups in total. The predicted octanol–water partition coefficient (Wildman–Crippen LogP) is 4.17. The maximum absolute atomic E-state index is 13.3. The van der Waals surface area contributed by atoms with E-state index < -0.39 is 17.6 Å². The zero-order valence-electron chi connectivity index (χ0n) is 19.0. The molecule has 1 aliphatic rings. The van der Waals surface area contributed by atoms with E-state index in [9.17, 15) is 22.8 Å². The molecule has 0 radical (unpaired) electrons. The van der Waals surface area contributed by atoms with E-state index in [4.69, 9.17) is 0 Å². The van der Waals surface area contributed by atoms with E-state index in [1.165, 1.54) is 23.1 Å². The Morgan fingerprint density at radius 3 is 2.15 bits per heavy atom. The average Bonchev–Trinajstić information content (AvgIpc) is 3.14. The standard InChI is InChI=1S/C25H25F3N4O2/c1-17-14-18(2)32(29-17)16-19-6-5-7-20(15-19)23(33)30-10-12-31(13-11-30)24(34)21-8-3-4-9-22(21)25(26,27)28/h3-9,14-15H,10-13,16H2,1-2H3. The second-order valence-electron chi connectivity index (χ2n) is 8.41. The van der Waals surface area contributed by atoms with Crippen LogP contribution in [0.3, 0.4) is 0 Å². The largest absolute Gasteiger partial charge is 0.417 e. The predicted molar refractivity (Wildman–Crippen MR) is 120 cm³/mol. The van der Waals surface area contributed by atoms with Crippen LogP contribution in [0.1, 0.15) is 43.2 Å². The number of amides is 2. The molecule has 1 aliphatic heterocycles. The van der Waals surface area contributed by atoms with E-state index in [0.29, 0.717) is 12.1 Å². The fraction of sp³-hybridized carbons (Fsp3) is 0.320. The molecule has 0 saturated carbocycles. The number of nitrogens with zero attached hydrogens (tertiary/aromatic N) is 4. The first kappa shape index (κ1) is 23.5. The summed E-state index contributed by atoms with van der Waals surface area (Å²) in [5.41, 5.74) is 2.11. The van der Waals surface area contributed by atoms with Gasteiger partial charge < -0.3 is 9.80 Å². The number of piperazine rings is 1. The zero-order chi connectivity index (χ0) is 24.5. The lowest BCUT2D eigenvalue weighted by Crippen LogP contribution is -2.50. The molecule has 0 bridgehead atoms. The molecule has 6 nitrogen and oxygen atoms in total. The number of aryl methyl sites for hydroxylation is 2. The second kappa shape index (κ2) is 9.32. The molecule has 1 aromatic heterocycles. The van der Waals surface area contributed by atoms with Gasteiger partial charge in [0.05, 0.1) is 23.4 Å². The van der Waals surface area contributed by atoms with Crippen LogP contribution in [-0.2, 0) is 12.7 Å². The van der Waals surface area contributed by atoms with Crippen molar-refractivity contribution >= 4 is 11.8 Å². The summed E-state index contributed by atoms with van der Waals surface area (Å²) in [5, 5.41) is 4.45.